The van der Waals surface area contributed by atoms with Crippen molar-refractivity contribution in [2.75, 3.05) is 7.05 Å². The lowest BCUT2D eigenvalue weighted by Gasteiger charge is -2.35. The Morgan fingerprint density at radius 1 is 1.33 bits per heavy atom. The highest BCUT2D eigenvalue weighted by Crippen LogP contribution is 2.32. The second-order valence-corrected chi connectivity index (χ2v) is 7.24. The highest BCUT2D eigenvalue weighted by Gasteiger charge is 2.33. The van der Waals surface area contributed by atoms with Crippen molar-refractivity contribution in [2.45, 2.75) is 48.8 Å². The Hall–Kier alpha value is -1.27. The summed E-state index contributed by atoms with van der Waals surface area (Å²) < 4.78 is 12.8. The van der Waals surface area contributed by atoms with E-state index in [-0.39, 0.29) is 17.0 Å². The zero-order chi connectivity index (χ0) is 15.4. The number of nitro benzene ring substituents is 1. The minimum atomic E-state index is -1.13. The summed E-state index contributed by atoms with van der Waals surface area (Å²) in [7, 11) is 0.785. The van der Waals surface area contributed by atoms with Gasteiger partial charge in [0, 0.05) is 23.1 Å². The van der Waals surface area contributed by atoms with Gasteiger partial charge in [-0.25, -0.2) is 0 Å². The van der Waals surface area contributed by atoms with E-state index in [0.29, 0.717) is 10.8 Å². The highest BCUT2D eigenvalue weighted by atomic mass is 32.2. The smallest absolute Gasteiger partial charge is 0.269 e. The van der Waals surface area contributed by atoms with E-state index in [4.69, 9.17) is 0 Å². The summed E-state index contributed by atoms with van der Waals surface area (Å²) in [5.74, 6) is 0.626. The Balaban J connectivity index is 2.17. The van der Waals surface area contributed by atoms with Crippen LogP contribution in [0.2, 0.25) is 0 Å². The molecule has 1 fully saturated rings. The van der Waals surface area contributed by atoms with Gasteiger partial charge in [-0.05, 0) is 44.4 Å². The summed E-state index contributed by atoms with van der Waals surface area (Å²) in [6, 6.07) is 6.36. The van der Waals surface area contributed by atoms with E-state index in [9.17, 15) is 14.3 Å². The quantitative estimate of drug-likeness (QED) is 0.670. The van der Waals surface area contributed by atoms with Gasteiger partial charge in [-0.15, -0.1) is 0 Å². The molecule has 0 heterocycles. The summed E-state index contributed by atoms with van der Waals surface area (Å²) in [5.41, 5.74) is 0.0380. The van der Waals surface area contributed by atoms with Gasteiger partial charge in [-0.3, -0.25) is 14.3 Å². The van der Waals surface area contributed by atoms with Crippen molar-refractivity contribution in [3.8, 4) is 0 Å². The lowest BCUT2D eigenvalue weighted by Crippen LogP contribution is -2.44. The van der Waals surface area contributed by atoms with Gasteiger partial charge in [-0.1, -0.05) is 13.3 Å². The van der Waals surface area contributed by atoms with Crippen LogP contribution < -0.4 is 5.32 Å². The Morgan fingerprint density at radius 3 is 2.52 bits per heavy atom. The molecule has 1 aromatic carbocycles. The maximum absolute atomic E-state index is 12.8. The Morgan fingerprint density at radius 2 is 2.00 bits per heavy atom. The lowest BCUT2D eigenvalue weighted by molar-refractivity contribution is -0.384. The predicted molar refractivity (Wildman–Crippen MR) is 83.8 cm³/mol. The van der Waals surface area contributed by atoms with Gasteiger partial charge in [-0.2, -0.15) is 0 Å². The second-order valence-electron chi connectivity index (χ2n) is 5.57. The molecule has 1 N–H and O–H groups in total. The van der Waals surface area contributed by atoms with Crippen molar-refractivity contribution in [2.24, 2.45) is 5.92 Å². The van der Waals surface area contributed by atoms with Crippen LogP contribution in [0.1, 0.15) is 32.6 Å². The number of nitrogens with zero attached hydrogens (tertiary/aromatic N) is 1. The van der Waals surface area contributed by atoms with Crippen LogP contribution in [0.5, 0.6) is 0 Å². The fourth-order valence-electron chi connectivity index (χ4n) is 3.03. The van der Waals surface area contributed by atoms with Gasteiger partial charge in [0.15, 0.2) is 0 Å². The van der Waals surface area contributed by atoms with Crippen molar-refractivity contribution in [3.63, 3.8) is 0 Å². The number of rotatable bonds is 5. The van der Waals surface area contributed by atoms with E-state index in [0.717, 1.165) is 19.3 Å². The zero-order valence-electron chi connectivity index (χ0n) is 12.5. The maximum Gasteiger partial charge on any atom is 0.269 e. The SMILES string of the molecule is CCC1CCC(NC)C(S(=O)c2ccc([N+](=O)[O-])cc2)C1. The molecule has 1 aromatic rings. The van der Waals surface area contributed by atoms with Crippen LogP contribution in [0, 0.1) is 16.0 Å². The van der Waals surface area contributed by atoms with Crippen LogP contribution in [0.25, 0.3) is 0 Å². The van der Waals surface area contributed by atoms with Crippen LogP contribution in [0.3, 0.4) is 0 Å². The molecule has 1 aliphatic rings. The highest BCUT2D eigenvalue weighted by molar-refractivity contribution is 7.85. The fourth-order valence-corrected chi connectivity index (χ4v) is 4.80. The van der Waals surface area contributed by atoms with Gasteiger partial charge in [0.2, 0.25) is 0 Å². The molecule has 1 aliphatic carbocycles. The molecule has 0 bridgehead atoms. The summed E-state index contributed by atoms with van der Waals surface area (Å²) >= 11 is 0. The maximum atomic E-state index is 12.8. The van der Waals surface area contributed by atoms with Crippen molar-refractivity contribution in [3.05, 3.63) is 34.4 Å². The molecule has 21 heavy (non-hydrogen) atoms. The van der Waals surface area contributed by atoms with Gasteiger partial charge in [0.1, 0.15) is 0 Å². The normalized spacial score (nSPS) is 27.2. The first-order chi connectivity index (χ1) is 10.1. The van der Waals surface area contributed by atoms with E-state index in [1.807, 2.05) is 7.05 Å². The molecule has 0 amide bonds. The summed E-state index contributed by atoms with van der Waals surface area (Å²) in [6.45, 7) is 2.18. The van der Waals surface area contributed by atoms with E-state index >= 15 is 0 Å². The minimum absolute atomic E-state index is 0.0380. The molecular weight excluding hydrogens is 288 g/mol. The summed E-state index contributed by atoms with van der Waals surface area (Å²) in [6.07, 6.45) is 4.28. The topological polar surface area (TPSA) is 72.2 Å². The number of nitro groups is 1. The molecule has 5 nitrogen and oxygen atoms in total. The van der Waals surface area contributed by atoms with E-state index in [1.54, 1.807) is 12.1 Å². The van der Waals surface area contributed by atoms with E-state index < -0.39 is 15.7 Å². The molecule has 0 aliphatic heterocycles. The Kier molecular flexibility index (Phi) is 5.47. The second kappa shape index (κ2) is 7.13. The molecule has 4 atom stereocenters. The molecule has 1 saturated carbocycles. The van der Waals surface area contributed by atoms with E-state index in [2.05, 4.69) is 12.2 Å². The zero-order valence-corrected chi connectivity index (χ0v) is 13.3. The number of hydrogen-bond donors (Lipinski definition) is 1. The van der Waals surface area contributed by atoms with E-state index in [1.165, 1.54) is 18.6 Å². The van der Waals surface area contributed by atoms with Gasteiger partial charge < -0.3 is 5.32 Å². The van der Waals surface area contributed by atoms with Crippen molar-refractivity contribution in [1.29, 1.82) is 0 Å². The molecule has 0 saturated heterocycles. The Labute approximate surface area is 127 Å². The third-order valence-corrected chi connectivity index (χ3v) is 6.21. The number of benzene rings is 1. The standard InChI is InChI=1S/C15H22N2O3S/c1-3-11-4-9-14(16-2)15(10-11)21(20)13-7-5-12(6-8-13)17(18)19/h5-8,11,14-16H,3-4,9-10H2,1-2H3. The van der Waals surface area contributed by atoms with Crippen LogP contribution in [-0.2, 0) is 10.8 Å². The summed E-state index contributed by atoms with van der Waals surface area (Å²) in [4.78, 5) is 10.9. The first-order valence-corrected chi connectivity index (χ1v) is 8.60. The molecule has 116 valence electrons. The van der Waals surface area contributed by atoms with Gasteiger partial charge in [0.05, 0.1) is 21.0 Å². The number of hydrogen-bond acceptors (Lipinski definition) is 4. The van der Waals surface area contributed by atoms with Crippen LogP contribution >= 0.6 is 0 Å². The van der Waals surface area contributed by atoms with Crippen LogP contribution in [0.15, 0.2) is 29.2 Å². The molecule has 6 heteroatoms. The first kappa shape index (κ1) is 16.1. The lowest BCUT2D eigenvalue weighted by atomic mass is 9.84. The molecule has 0 aromatic heterocycles. The minimum Gasteiger partial charge on any atom is -0.316 e. The summed E-state index contributed by atoms with van der Waals surface area (Å²) in [5, 5.41) is 14.0. The molecule has 0 spiro atoms. The first-order valence-electron chi connectivity index (χ1n) is 7.39. The average Bonchev–Trinajstić information content (AvgIpc) is 2.53. The molecule has 4 unspecified atom stereocenters. The van der Waals surface area contributed by atoms with Crippen LogP contribution in [-0.4, -0.2) is 27.5 Å². The average molecular weight is 310 g/mol. The fraction of sp³-hybridized carbons (Fsp3) is 0.600. The number of nitrogens with one attached hydrogen (secondary N) is 1. The number of non-ortho nitro benzene ring substituents is 1. The molecular formula is C15H22N2O3S. The van der Waals surface area contributed by atoms with Gasteiger partial charge >= 0.3 is 0 Å². The van der Waals surface area contributed by atoms with Crippen molar-refractivity contribution in [1.82, 2.24) is 5.32 Å². The predicted octanol–water partition coefficient (Wildman–Crippen LogP) is 2.87. The van der Waals surface area contributed by atoms with Crippen LogP contribution in [0.4, 0.5) is 5.69 Å². The Bertz CT molecular complexity index is 518. The molecule has 0 radical (unpaired) electrons. The largest absolute Gasteiger partial charge is 0.316 e. The third kappa shape index (κ3) is 3.68. The monoisotopic (exact) mass is 310 g/mol. The molecule has 2 rings (SSSR count). The third-order valence-electron chi connectivity index (χ3n) is 4.40. The van der Waals surface area contributed by atoms with Crippen molar-refractivity contribution >= 4 is 16.5 Å². The van der Waals surface area contributed by atoms with Crippen molar-refractivity contribution < 1.29 is 9.13 Å². The van der Waals surface area contributed by atoms with Gasteiger partial charge in [0.25, 0.3) is 5.69 Å².